The Kier molecular flexibility index (Phi) is 4.39. The van der Waals surface area contributed by atoms with Crippen molar-refractivity contribution in [2.45, 2.75) is 0 Å². The minimum atomic E-state index is -0.286. The van der Waals surface area contributed by atoms with Gasteiger partial charge in [-0.15, -0.1) is 11.3 Å². The summed E-state index contributed by atoms with van der Waals surface area (Å²) < 4.78 is 4.63. The topological polar surface area (TPSA) is 42.4 Å². The molecule has 0 saturated heterocycles. The molecule has 2 aromatic rings. The first-order valence-electron chi connectivity index (χ1n) is 5.59. The highest BCUT2D eigenvalue weighted by Crippen LogP contribution is 2.27. The van der Waals surface area contributed by atoms with Crippen LogP contribution in [0.4, 0.5) is 5.13 Å². The Balaban J connectivity index is 2.14. The number of nitrogens with zero attached hydrogens (tertiary/aromatic N) is 2. The molecule has 1 heterocycles. The van der Waals surface area contributed by atoms with Crippen LogP contribution in [0.5, 0.6) is 0 Å². The maximum Gasteiger partial charge on any atom is 0.325 e. The van der Waals surface area contributed by atoms with Gasteiger partial charge >= 0.3 is 5.97 Å². The lowest BCUT2D eigenvalue weighted by molar-refractivity contribution is -0.138. The van der Waals surface area contributed by atoms with Crippen LogP contribution >= 0.6 is 22.9 Å². The van der Waals surface area contributed by atoms with E-state index in [2.05, 4.69) is 9.72 Å². The summed E-state index contributed by atoms with van der Waals surface area (Å²) in [7, 11) is 3.18. The molecule has 0 aliphatic carbocycles. The molecule has 0 bridgehead atoms. The van der Waals surface area contributed by atoms with Crippen molar-refractivity contribution in [1.29, 1.82) is 0 Å². The molecule has 2 rings (SSSR count). The molecule has 0 atom stereocenters. The van der Waals surface area contributed by atoms with Crippen molar-refractivity contribution in [2.75, 3.05) is 25.6 Å². The van der Waals surface area contributed by atoms with Crippen LogP contribution in [0.25, 0.3) is 11.3 Å². The van der Waals surface area contributed by atoms with Gasteiger partial charge in [-0.25, -0.2) is 4.98 Å². The van der Waals surface area contributed by atoms with E-state index in [1.54, 1.807) is 11.9 Å². The van der Waals surface area contributed by atoms with Crippen LogP contribution < -0.4 is 4.90 Å². The second-order valence-electron chi connectivity index (χ2n) is 3.95. The van der Waals surface area contributed by atoms with E-state index in [1.165, 1.54) is 18.4 Å². The van der Waals surface area contributed by atoms with Crippen molar-refractivity contribution in [1.82, 2.24) is 4.98 Å². The van der Waals surface area contributed by atoms with E-state index in [9.17, 15) is 4.79 Å². The van der Waals surface area contributed by atoms with Crippen LogP contribution in [0, 0.1) is 0 Å². The summed E-state index contributed by atoms with van der Waals surface area (Å²) in [6.07, 6.45) is 0. The molecule has 0 fully saturated rings. The van der Waals surface area contributed by atoms with E-state index in [0.717, 1.165) is 16.4 Å². The average Bonchev–Trinajstić information content (AvgIpc) is 2.89. The first kappa shape index (κ1) is 13.8. The van der Waals surface area contributed by atoms with Crippen LogP contribution in [0.2, 0.25) is 5.02 Å². The van der Waals surface area contributed by atoms with Crippen LogP contribution in [0.3, 0.4) is 0 Å². The van der Waals surface area contributed by atoms with Gasteiger partial charge in [-0.05, 0) is 12.1 Å². The third-order valence-corrected chi connectivity index (χ3v) is 3.76. The Morgan fingerprint density at radius 2 is 2.11 bits per heavy atom. The zero-order chi connectivity index (χ0) is 13.8. The van der Waals surface area contributed by atoms with Crippen molar-refractivity contribution in [3.8, 4) is 11.3 Å². The van der Waals surface area contributed by atoms with E-state index in [0.29, 0.717) is 5.02 Å². The number of esters is 1. The molecular formula is C13H13ClN2O2S. The number of benzene rings is 1. The van der Waals surface area contributed by atoms with E-state index in [-0.39, 0.29) is 12.5 Å². The molecule has 1 aromatic heterocycles. The summed E-state index contributed by atoms with van der Waals surface area (Å²) in [5.41, 5.74) is 1.87. The van der Waals surface area contributed by atoms with E-state index in [4.69, 9.17) is 11.6 Å². The number of rotatable bonds is 4. The number of hydrogen-bond donors (Lipinski definition) is 0. The predicted molar refractivity (Wildman–Crippen MR) is 77.8 cm³/mol. The molecule has 0 radical (unpaired) electrons. The van der Waals surface area contributed by atoms with Gasteiger partial charge in [0.15, 0.2) is 5.13 Å². The number of halogens is 1. The third-order valence-electron chi connectivity index (χ3n) is 2.55. The highest BCUT2D eigenvalue weighted by molar-refractivity contribution is 7.14. The average molecular weight is 297 g/mol. The summed E-state index contributed by atoms with van der Waals surface area (Å²) in [6.45, 7) is 0.185. The minimum absolute atomic E-state index is 0.185. The number of likely N-dealkylation sites (N-methyl/N-ethyl adjacent to an activating group) is 1. The fourth-order valence-electron chi connectivity index (χ4n) is 1.52. The Labute approximate surface area is 120 Å². The predicted octanol–water partition coefficient (Wildman–Crippen LogP) is 3.07. The van der Waals surface area contributed by atoms with Gasteiger partial charge in [0.1, 0.15) is 6.54 Å². The quantitative estimate of drug-likeness (QED) is 0.813. The number of methoxy groups -OCH3 is 1. The molecule has 0 spiro atoms. The van der Waals surface area contributed by atoms with Crippen molar-refractivity contribution in [2.24, 2.45) is 0 Å². The molecule has 0 N–H and O–H groups in total. The number of thiazole rings is 1. The molecule has 0 amide bonds. The maximum absolute atomic E-state index is 11.2. The molecule has 0 aliphatic rings. The number of ether oxygens (including phenoxy) is 1. The normalized spacial score (nSPS) is 10.3. The molecule has 19 heavy (non-hydrogen) atoms. The molecule has 100 valence electrons. The SMILES string of the molecule is COC(=O)CN(C)c1nc(-c2ccc(Cl)cc2)cs1. The van der Waals surface area contributed by atoms with Gasteiger partial charge in [0.25, 0.3) is 0 Å². The fraction of sp³-hybridized carbons (Fsp3) is 0.231. The summed E-state index contributed by atoms with van der Waals surface area (Å²) in [6, 6.07) is 7.49. The number of hydrogen-bond acceptors (Lipinski definition) is 5. The van der Waals surface area contributed by atoms with Gasteiger partial charge in [-0.1, -0.05) is 23.7 Å². The smallest absolute Gasteiger partial charge is 0.325 e. The molecule has 0 saturated carbocycles. The number of carbonyl (C=O) groups is 1. The van der Waals surface area contributed by atoms with Crippen LogP contribution in [-0.4, -0.2) is 31.7 Å². The molecule has 1 aromatic carbocycles. The summed E-state index contributed by atoms with van der Waals surface area (Å²) >= 11 is 7.33. The molecule has 6 heteroatoms. The van der Waals surface area contributed by atoms with Crippen molar-refractivity contribution >= 4 is 34.0 Å². The van der Waals surface area contributed by atoms with Gasteiger partial charge < -0.3 is 9.64 Å². The lowest BCUT2D eigenvalue weighted by Crippen LogP contribution is -2.26. The maximum atomic E-state index is 11.2. The van der Waals surface area contributed by atoms with Crippen molar-refractivity contribution in [3.63, 3.8) is 0 Å². The zero-order valence-electron chi connectivity index (χ0n) is 10.6. The van der Waals surface area contributed by atoms with Crippen LogP contribution in [0.1, 0.15) is 0 Å². The summed E-state index contributed by atoms with van der Waals surface area (Å²) in [4.78, 5) is 17.5. The van der Waals surface area contributed by atoms with Gasteiger partial charge in [0.05, 0.1) is 12.8 Å². The van der Waals surface area contributed by atoms with Crippen LogP contribution in [0.15, 0.2) is 29.6 Å². The Morgan fingerprint density at radius 3 is 2.74 bits per heavy atom. The van der Waals surface area contributed by atoms with Gasteiger partial charge in [0.2, 0.25) is 0 Å². The van der Waals surface area contributed by atoms with Crippen molar-refractivity contribution in [3.05, 3.63) is 34.7 Å². The largest absolute Gasteiger partial charge is 0.468 e. The monoisotopic (exact) mass is 296 g/mol. The highest BCUT2D eigenvalue weighted by Gasteiger charge is 2.12. The van der Waals surface area contributed by atoms with Crippen molar-refractivity contribution < 1.29 is 9.53 Å². The molecule has 0 aliphatic heterocycles. The first-order chi connectivity index (χ1) is 9.10. The van der Waals surface area contributed by atoms with E-state index in [1.807, 2.05) is 29.6 Å². The number of carbonyl (C=O) groups excluding carboxylic acids is 1. The second-order valence-corrected chi connectivity index (χ2v) is 5.23. The summed E-state index contributed by atoms with van der Waals surface area (Å²) in [5.74, 6) is -0.286. The Hall–Kier alpha value is -1.59. The Bertz CT molecular complexity index is 568. The highest BCUT2D eigenvalue weighted by atomic mass is 35.5. The Morgan fingerprint density at radius 1 is 1.42 bits per heavy atom. The fourth-order valence-corrected chi connectivity index (χ4v) is 2.45. The van der Waals surface area contributed by atoms with Crippen LogP contribution in [-0.2, 0) is 9.53 Å². The van der Waals surface area contributed by atoms with Gasteiger partial charge in [0, 0.05) is 23.0 Å². The molecule has 4 nitrogen and oxygen atoms in total. The standard InChI is InChI=1S/C13H13ClN2O2S/c1-16(7-12(17)18-2)13-15-11(8-19-13)9-3-5-10(14)6-4-9/h3-6,8H,7H2,1-2H3. The third kappa shape index (κ3) is 3.45. The van der Waals surface area contributed by atoms with Gasteiger partial charge in [-0.3, -0.25) is 4.79 Å². The second kappa shape index (κ2) is 6.04. The van der Waals surface area contributed by atoms with E-state index >= 15 is 0 Å². The number of anilines is 1. The first-order valence-corrected chi connectivity index (χ1v) is 6.85. The summed E-state index contributed by atoms with van der Waals surface area (Å²) in [5, 5.41) is 3.42. The number of aromatic nitrogens is 1. The zero-order valence-corrected chi connectivity index (χ0v) is 12.2. The lowest BCUT2D eigenvalue weighted by atomic mass is 10.2. The lowest BCUT2D eigenvalue weighted by Gasteiger charge is -2.13. The van der Waals surface area contributed by atoms with Gasteiger partial charge in [-0.2, -0.15) is 0 Å². The minimum Gasteiger partial charge on any atom is -0.468 e. The molecule has 0 unspecified atom stereocenters. The van der Waals surface area contributed by atoms with E-state index < -0.39 is 0 Å². The molecular weight excluding hydrogens is 284 g/mol.